The van der Waals surface area contributed by atoms with Crippen LogP contribution in [-0.4, -0.2) is 15.0 Å². The van der Waals surface area contributed by atoms with Crippen molar-refractivity contribution in [2.45, 2.75) is 5.92 Å². The summed E-state index contributed by atoms with van der Waals surface area (Å²) in [5.74, 6) is 0.0252. The first-order valence-electron chi connectivity index (χ1n) is 9.80. The van der Waals surface area contributed by atoms with E-state index in [9.17, 15) is 0 Å². The normalized spacial score (nSPS) is 12.0. The molecule has 3 aromatic carbocycles. The standard InChI is InChI=1S/C25H17Br2N3/c26-24-22(15-8-2-5-11-19(15)29-24)21(17-13-28-18-10-4-1-7-14(17)18)23-16-9-3-6-12-20(16)30-25(23)27/h1-13,21,28-30H. The molecule has 146 valence electrons. The second-order valence-corrected chi connectivity index (χ2v) is 9.11. The lowest BCUT2D eigenvalue weighted by molar-refractivity contribution is 0.990. The molecule has 0 radical (unpaired) electrons. The Morgan fingerprint density at radius 2 is 1.03 bits per heavy atom. The van der Waals surface area contributed by atoms with E-state index in [0.717, 1.165) is 25.8 Å². The molecule has 3 nitrogen and oxygen atoms in total. The van der Waals surface area contributed by atoms with Crippen molar-refractivity contribution in [2.24, 2.45) is 0 Å². The summed E-state index contributed by atoms with van der Waals surface area (Å²) in [7, 11) is 0. The number of rotatable bonds is 3. The Bertz CT molecular complexity index is 1460. The van der Waals surface area contributed by atoms with Gasteiger partial charge in [-0.1, -0.05) is 54.6 Å². The van der Waals surface area contributed by atoms with Gasteiger partial charge in [-0.05, 0) is 55.6 Å². The molecule has 0 aliphatic rings. The van der Waals surface area contributed by atoms with Gasteiger partial charge in [-0.2, -0.15) is 0 Å². The Balaban J connectivity index is 1.75. The third-order valence-electron chi connectivity index (χ3n) is 5.91. The zero-order chi connectivity index (χ0) is 20.2. The van der Waals surface area contributed by atoms with Crippen LogP contribution < -0.4 is 0 Å². The van der Waals surface area contributed by atoms with Crippen LogP contribution in [0.15, 0.2) is 88.2 Å². The van der Waals surface area contributed by atoms with E-state index in [1.807, 2.05) is 0 Å². The molecule has 30 heavy (non-hydrogen) atoms. The summed E-state index contributed by atoms with van der Waals surface area (Å²) in [6.07, 6.45) is 2.15. The molecule has 3 N–H and O–H groups in total. The van der Waals surface area contributed by atoms with Gasteiger partial charge in [0.2, 0.25) is 0 Å². The van der Waals surface area contributed by atoms with Crippen LogP contribution >= 0.6 is 31.9 Å². The first kappa shape index (κ1) is 18.0. The minimum absolute atomic E-state index is 0.0252. The van der Waals surface area contributed by atoms with E-state index in [1.165, 1.54) is 32.8 Å². The Morgan fingerprint density at radius 1 is 0.567 bits per heavy atom. The Hall–Kier alpha value is -2.76. The quantitative estimate of drug-likeness (QED) is 0.214. The fraction of sp³-hybridized carbons (Fsp3) is 0.0400. The first-order valence-corrected chi connectivity index (χ1v) is 11.4. The SMILES string of the molecule is Brc1[nH]c2ccccc2c1C(c1c[nH]c2ccccc12)c1c(Br)[nH]c2ccccc12. The summed E-state index contributed by atoms with van der Waals surface area (Å²) in [4.78, 5) is 10.5. The van der Waals surface area contributed by atoms with Crippen LogP contribution in [0, 0.1) is 0 Å². The molecule has 0 aliphatic carbocycles. The van der Waals surface area contributed by atoms with Gasteiger partial charge in [-0.15, -0.1) is 0 Å². The summed E-state index contributed by atoms with van der Waals surface area (Å²) in [5, 5.41) is 3.67. The third-order valence-corrected chi connectivity index (χ3v) is 7.16. The van der Waals surface area contributed by atoms with Crippen molar-refractivity contribution in [2.75, 3.05) is 0 Å². The average molecular weight is 519 g/mol. The zero-order valence-electron chi connectivity index (χ0n) is 15.8. The van der Waals surface area contributed by atoms with E-state index in [4.69, 9.17) is 0 Å². The molecular formula is C25H17Br2N3. The number of aromatic nitrogens is 3. The number of benzene rings is 3. The smallest absolute Gasteiger partial charge is 0.0873 e. The molecule has 0 spiro atoms. The van der Waals surface area contributed by atoms with Gasteiger partial charge in [0.05, 0.1) is 9.21 Å². The summed E-state index contributed by atoms with van der Waals surface area (Å²) < 4.78 is 2.02. The molecule has 3 aromatic heterocycles. The molecule has 0 saturated carbocycles. The summed E-state index contributed by atoms with van der Waals surface area (Å²) >= 11 is 7.69. The largest absolute Gasteiger partial charge is 0.361 e. The van der Waals surface area contributed by atoms with Gasteiger partial charge in [0, 0.05) is 56.0 Å². The number of halogens is 2. The lowest BCUT2D eigenvalue weighted by Gasteiger charge is -2.18. The molecule has 0 aliphatic heterocycles. The van der Waals surface area contributed by atoms with Crippen molar-refractivity contribution in [3.8, 4) is 0 Å². The van der Waals surface area contributed by atoms with Crippen molar-refractivity contribution in [3.63, 3.8) is 0 Å². The third kappa shape index (κ3) is 2.62. The maximum absolute atomic E-state index is 3.84. The lowest BCUT2D eigenvalue weighted by atomic mass is 9.84. The van der Waals surface area contributed by atoms with Crippen molar-refractivity contribution >= 4 is 64.6 Å². The topological polar surface area (TPSA) is 47.4 Å². The number of hydrogen-bond acceptors (Lipinski definition) is 0. The van der Waals surface area contributed by atoms with Gasteiger partial charge in [0.1, 0.15) is 0 Å². The fourth-order valence-electron chi connectivity index (χ4n) is 4.61. The van der Waals surface area contributed by atoms with E-state index in [-0.39, 0.29) is 5.92 Å². The minimum atomic E-state index is 0.0252. The number of H-pyrrole nitrogens is 3. The zero-order valence-corrected chi connectivity index (χ0v) is 19.0. The highest BCUT2D eigenvalue weighted by atomic mass is 79.9. The minimum Gasteiger partial charge on any atom is -0.361 e. The highest BCUT2D eigenvalue weighted by molar-refractivity contribution is 9.10. The van der Waals surface area contributed by atoms with Crippen LogP contribution in [0.1, 0.15) is 22.6 Å². The molecule has 6 aromatic rings. The van der Waals surface area contributed by atoms with Crippen LogP contribution in [-0.2, 0) is 0 Å². The Morgan fingerprint density at radius 3 is 1.60 bits per heavy atom. The summed E-state index contributed by atoms with van der Waals surface area (Å²) in [6.45, 7) is 0. The molecule has 0 unspecified atom stereocenters. The molecule has 0 atom stereocenters. The predicted octanol–water partition coefficient (Wildman–Crippen LogP) is 7.84. The van der Waals surface area contributed by atoms with E-state index < -0.39 is 0 Å². The van der Waals surface area contributed by atoms with Gasteiger partial charge in [-0.3, -0.25) is 0 Å². The average Bonchev–Trinajstić information content (AvgIpc) is 3.43. The van der Waals surface area contributed by atoms with E-state index in [0.29, 0.717) is 0 Å². The van der Waals surface area contributed by atoms with Gasteiger partial charge in [0.15, 0.2) is 0 Å². The van der Waals surface area contributed by atoms with Gasteiger partial charge < -0.3 is 15.0 Å². The van der Waals surface area contributed by atoms with Gasteiger partial charge in [-0.25, -0.2) is 0 Å². The number of para-hydroxylation sites is 3. The fourth-order valence-corrected chi connectivity index (χ4v) is 5.93. The van der Waals surface area contributed by atoms with Crippen molar-refractivity contribution < 1.29 is 0 Å². The van der Waals surface area contributed by atoms with Crippen LogP contribution in [0.5, 0.6) is 0 Å². The molecular weight excluding hydrogens is 502 g/mol. The lowest BCUT2D eigenvalue weighted by Crippen LogP contribution is -2.03. The van der Waals surface area contributed by atoms with Crippen molar-refractivity contribution in [3.05, 3.63) is 105 Å². The predicted molar refractivity (Wildman–Crippen MR) is 131 cm³/mol. The number of fused-ring (bicyclic) bond motifs is 3. The van der Waals surface area contributed by atoms with Crippen molar-refractivity contribution in [1.29, 1.82) is 0 Å². The molecule has 0 bridgehead atoms. The maximum Gasteiger partial charge on any atom is 0.0873 e. The molecule has 5 heteroatoms. The Labute approximate surface area is 189 Å². The number of nitrogens with one attached hydrogen (secondary N) is 3. The highest BCUT2D eigenvalue weighted by Gasteiger charge is 2.29. The second-order valence-electron chi connectivity index (χ2n) is 7.52. The van der Waals surface area contributed by atoms with E-state index in [1.54, 1.807) is 0 Å². The number of aromatic amines is 3. The van der Waals surface area contributed by atoms with Gasteiger partial charge in [0.25, 0.3) is 0 Å². The molecule has 3 heterocycles. The van der Waals surface area contributed by atoms with E-state index >= 15 is 0 Å². The monoisotopic (exact) mass is 517 g/mol. The van der Waals surface area contributed by atoms with Crippen LogP contribution in [0.2, 0.25) is 0 Å². The highest BCUT2D eigenvalue weighted by Crippen LogP contribution is 2.47. The molecule has 0 saturated heterocycles. The Kier molecular flexibility index (Phi) is 4.15. The molecule has 0 amide bonds. The summed E-state index contributed by atoms with van der Waals surface area (Å²) in [6, 6.07) is 25.5. The van der Waals surface area contributed by atoms with E-state index in [2.05, 4.69) is 126 Å². The van der Waals surface area contributed by atoms with Crippen molar-refractivity contribution in [1.82, 2.24) is 15.0 Å². The molecule has 0 fully saturated rings. The van der Waals surface area contributed by atoms with Crippen LogP contribution in [0.25, 0.3) is 32.7 Å². The van der Waals surface area contributed by atoms with Gasteiger partial charge >= 0.3 is 0 Å². The van der Waals surface area contributed by atoms with Crippen LogP contribution in [0.3, 0.4) is 0 Å². The second kappa shape index (κ2) is 6.89. The number of hydrogen-bond donors (Lipinski definition) is 3. The maximum atomic E-state index is 3.84. The first-order chi connectivity index (χ1) is 14.7. The summed E-state index contributed by atoms with van der Waals surface area (Å²) in [5.41, 5.74) is 7.12. The molecule has 6 rings (SSSR count). The van der Waals surface area contributed by atoms with Crippen LogP contribution in [0.4, 0.5) is 0 Å².